The summed E-state index contributed by atoms with van der Waals surface area (Å²) in [6.45, 7) is 8.53. The number of benzene rings is 1. The van der Waals surface area contributed by atoms with E-state index in [1.807, 2.05) is 18.2 Å². The molecule has 4 heteroatoms. The van der Waals surface area contributed by atoms with Gasteiger partial charge in [-0.25, -0.2) is 0 Å². The van der Waals surface area contributed by atoms with Crippen LogP contribution >= 0.6 is 0 Å². The van der Waals surface area contributed by atoms with E-state index in [1.165, 1.54) is 5.69 Å². The summed E-state index contributed by atoms with van der Waals surface area (Å²) in [7, 11) is 0. The maximum Gasteiger partial charge on any atom is 0.170 e. The monoisotopic (exact) mass is 249 g/mol. The minimum Gasteiger partial charge on any atom is -0.409 e. The zero-order valence-corrected chi connectivity index (χ0v) is 11.5. The maximum absolute atomic E-state index is 8.68. The van der Waals surface area contributed by atoms with Crippen LogP contribution in [0.3, 0.4) is 0 Å². The molecule has 0 fully saturated rings. The third-order valence-electron chi connectivity index (χ3n) is 2.93. The first-order valence-corrected chi connectivity index (χ1v) is 6.47. The van der Waals surface area contributed by atoms with E-state index in [9.17, 15) is 0 Å². The highest BCUT2D eigenvalue weighted by atomic mass is 16.4. The lowest BCUT2D eigenvalue weighted by Gasteiger charge is -2.26. The van der Waals surface area contributed by atoms with Gasteiger partial charge in [0.25, 0.3) is 0 Å². The lowest BCUT2D eigenvalue weighted by Crippen LogP contribution is -2.26. The van der Waals surface area contributed by atoms with Crippen molar-refractivity contribution in [2.45, 2.75) is 33.6 Å². The molecule has 0 saturated heterocycles. The van der Waals surface area contributed by atoms with E-state index < -0.39 is 0 Å². The van der Waals surface area contributed by atoms with Crippen molar-refractivity contribution in [1.82, 2.24) is 0 Å². The Morgan fingerprint density at radius 1 is 1.28 bits per heavy atom. The average molecular weight is 249 g/mol. The Hall–Kier alpha value is -1.71. The Balaban J connectivity index is 3.02. The zero-order chi connectivity index (χ0) is 13.5. The number of nitrogens with two attached hydrogens (primary N) is 1. The van der Waals surface area contributed by atoms with Crippen molar-refractivity contribution in [3.63, 3.8) is 0 Å². The minimum absolute atomic E-state index is 0.155. The predicted molar refractivity (Wildman–Crippen MR) is 76.5 cm³/mol. The molecule has 0 atom stereocenters. The Kier molecular flexibility index (Phi) is 5.49. The molecule has 0 aliphatic rings. The highest BCUT2D eigenvalue weighted by molar-refractivity contribution is 5.97. The van der Waals surface area contributed by atoms with Gasteiger partial charge in [-0.1, -0.05) is 19.0 Å². The largest absolute Gasteiger partial charge is 0.409 e. The van der Waals surface area contributed by atoms with E-state index in [4.69, 9.17) is 10.9 Å². The standard InChI is InChI=1S/C14H23N3O/c1-4-8-17(9-5-2)13-7-6-12(10-11(13)3)14(15)16-18/h6-7,10,18H,4-5,8-9H2,1-3H3,(H2,15,16). The topological polar surface area (TPSA) is 61.8 Å². The normalized spacial score (nSPS) is 11.6. The van der Waals surface area contributed by atoms with Gasteiger partial charge in [0.2, 0.25) is 0 Å². The Morgan fingerprint density at radius 3 is 2.33 bits per heavy atom. The highest BCUT2D eigenvalue weighted by Gasteiger charge is 2.09. The summed E-state index contributed by atoms with van der Waals surface area (Å²) < 4.78 is 0. The van der Waals surface area contributed by atoms with Crippen LogP contribution in [-0.4, -0.2) is 24.1 Å². The second-order valence-electron chi connectivity index (χ2n) is 4.47. The second kappa shape index (κ2) is 6.89. The Bertz CT molecular complexity index is 410. The number of oxime groups is 1. The summed E-state index contributed by atoms with van der Waals surface area (Å²) in [6, 6.07) is 5.91. The van der Waals surface area contributed by atoms with E-state index in [0.717, 1.165) is 37.1 Å². The molecule has 0 aromatic heterocycles. The molecular formula is C14H23N3O. The molecule has 0 bridgehead atoms. The number of rotatable bonds is 6. The molecule has 0 aliphatic carbocycles. The van der Waals surface area contributed by atoms with Crippen LogP contribution in [0.25, 0.3) is 0 Å². The van der Waals surface area contributed by atoms with Gasteiger partial charge in [0.15, 0.2) is 5.84 Å². The molecule has 1 aromatic carbocycles. The summed E-state index contributed by atoms with van der Waals surface area (Å²) in [6.07, 6.45) is 2.25. The quantitative estimate of drug-likeness (QED) is 0.353. The maximum atomic E-state index is 8.68. The van der Waals surface area contributed by atoms with Gasteiger partial charge < -0.3 is 15.8 Å². The van der Waals surface area contributed by atoms with Crippen molar-refractivity contribution in [3.05, 3.63) is 29.3 Å². The molecule has 0 amide bonds. The Labute approximate surface area is 109 Å². The van der Waals surface area contributed by atoms with E-state index in [2.05, 4.69) is 30.8 Å². The van der Waals surface area contributed by atoms with Gasteiger partial charge in [-0.2, -0.15) is 0 Å². The third-order valence-corrected chi connectivity index (χ3v) is 2.93. The van der Waals surface area contributed by atoms with Gasteiger partial charge in [-0.05, 0) is 43.5 Å². The number of hydrogen-bond donors (Lipinski definition) is 2. The molecule has 0 aliphatic heterocycles. The highest BCUT2D eigenvalue weighted by Crippen LogP contribution is 2.22. The van der Waals surface area contributed by atoms with Crippen LogP contribution in [0.5, 0.6) is 0 Å². The average Bonchev–Trinajstić information content (AvgIpc) is 2.37. The van der Waals surface area contributed by atoms with Crippen LogP contribution in [0.15, 0.2) is 23.4 Å². The van der Waals surface area contributed by atoms with Crippen LogP contribution in [-0.2, 0) is 0 Å². The molecule has 0 heterocycles. The molecule has 1 aromatic rings. The van der Waals surface area contributed by atoms with Gasteiger partial charge in [-0.15, -0.1) is 0 Å². The summed E-state index contributed by atoms with van der Waals surface area (Å²) in [4.78, 5) is 2.38. The second-order valence-corrected chi connectivity index (χ2v) is 4.47. The molecule has 4 nitrogen and oxygen atoms in total. The van der Waals surface area contributed by atoms with Gasteiger partial charge in [0.05, 0.1) is 0 Å². The summed E-state index contributed by atoms with van der Waals surface area (Å²) in [5.41, 5.74) is 8.73. The molecule has 18 heavy (non-hydrogen) atoms. The van der Waals surface area contributed by atoms with Crippen LogP contribution in [0.1, 0.15) is 37.8 Å². The van der Waals surface area contributed by atoms with E-state index >= 15 is 0 Å². The molecule has 0 saturated carbocycles. The predicted octanol–water partition coefficient (Wildman–Crippen LogP) is 2.72. The number of nitrogens with zero attached hydrogens (tertiary/aromatic N) is 2. The molecule has 0 spiro atoms. The molecule has 100 valence electrons. The van der Waals surface area contributed by atoms with Crippen molar-refractivity contribution in [2.24, 2.45) is 10.9 Å². The van der Waals surface area contributed by atoms with E-state index in [1.54, 1.807) is 0 Å². The minimum atomic E-state index is 0.155. The first-order chi connectivity index (χ1) is 8.63. The van der Waals surface area contributed by atoms with Crippen LogP contribution in [0.2, 0.25) is 0 Å². The van der Waals surface area contributed by atoms with Crippen molar-refractivity contribution < 1.29 is 5.21 Å². The van der Waals surface area contributed by atoms with Crippen molar-refractivity contribution >= 4 is 11.5 Å². The number of hydrogen-bond acceptors (Lipinski definition) is 3. The first kappa shape index (κ1) is 14.4. The first-order valence-electron chi connectivity index (χ1n) is 6.47. The van der Waals surface area contributed by atoms with Gasteiger partial charge in [0, 0.05) is 24.3 Å². The summed E-state index contributed by atoms with van der Waals surface area (Å²) in [5.74, 6) is 0.155. The number of anilines is 1. The molecule has 1 rings (SSSR count). The molecule has 3 N–H and O–H groups in total. The molecular weight excluding hydrogens is 226 g/mol. The third kappa shape index (κ3) is 3.39. The number of aryl methyl sites for hydroxylation is 1. The molecule has 0 radical (unpaired) electrons. The fourth-order valence-electron chi connectivity index (χ4n) is 2.12. The van der Waals surface area contributed by atoms with Crippen LogP contribution in [0.4, 0.5) is 5.69 Å². The van der Waals surface area contributed by atoms with Gasteiger partial charge >= 0.3 is 0 Å². The summed E-state index contributed by atoms with van der Waals surface area (Å²) in [5, 5.41) is 11.7. The lowest BCUT2D eigenvalue weighted by atomic mass is 10.1. The fourth-order valence-corrected chi connectivity index (χ4v) is 2.12. The number of amidine groups is 1. The summed E-state index contributed by atoms with van der Waals surface area (Å²) >= 11 is 0. The fraction of sp³-hybridized carbons (Fsp3) is 0.500. The van der Waals surface area contributed by atoms with Crippen LogP contribution < -0.4 is 10.6 Å². The lowest BCUT2D eigenvalue weighted by molar-refractivity contribution is 0.318. The van der Waals surface area contributed by atoms with Crippen molar-refractivity contribution in [1.29, 1.82) is 0 Å². The van der Waals surface area contributed by atoms with Crippen molar-refractivity contribution in [2.75, 3.05) is 18.0 Å². The van der Waals surface area contributed by atoms with E-state index in [-0.39, 0.29) is 5.84 Å². The SMILES string of the molecule is CCCN(CCC)c1ccc(/C(N)=N/O)cc1C. The smallest absolute Gasteiger partial charge is 0.170 e. The zero-order valence-electron chi connectivity index (χ0n) is 11.5. The van der Waals surface area contributed by atoms with Gasteiger partial charge in [-0.3, -0.25) is 0 Å². The molecule has 0 unspecified atom stereocenters. The van der Waals surface area contributed by atoms with Crippen LogP contribution in [0, 0.1) is 6.92 Å². The van der Waals surface area contributed by atoms with E-state index in [0.29, 0.717) is 0 Å². The Morgan fingerprint density at radius 2 is 1.89 bits per heavy atom. The van der Waals surface area contributed by atoms with Gasteiger partial charge in [0.1, 0.15) is 0 Å². The van der Waals surface area contributed by atoms with Crippen molar-refractivity contribution in [3.8, 4) is 0 Å².